The molecular weight excluding hydrogens is 228 g/mol. The fraction of sp³-hybridized carbons (Fsp3) is 0.231. The van der Waals surface area contributed by atoms with Gasteiger partial charge in [0.1, 0.15) is 0 Å². The molecule has 0 radical (unpaired) electrons. The highest BCUT2D eigenvalue weighted by molar-refractivity contribution is 5.89. The van der Waals surface area contributed by atoms with Crippen molar-refractivity contribution < 1.29 is 4.79 Å². The molecular formula is C13H16N4O. The highest BCUT2D eigenvalue weighted by Crippen LogP contribution is 2.04. The van der Waals surface area contributed by atoms with Crippen LogP contribution in [0.25, 0.3) is 0 Å². The third kappa shape index (κ3) is 3.62. The van der Waals surface area contributed by atoms with E-state index in [4.69, 9.17) is 0 Å². The molecule has 0 unspecified atom stereocenters. The Morgan fingerprint density at radius 1 is 1.33 bits per heavy atom. The number of aromatic nitrogens is 2. The second-order valence-electron chi connectivity index (χ2n) is 4.03. The number of nitrogens with one attached hydrogen (secondary N) is 2. The third-order valence-electron chi connectivity index (χ3n) is 2.46. The molecule has 1 heterocycles. The monoisotopic (exact) mass is 244 g/mol. The fourth-order valence-electron chi connectivity index (χ4n) is 1.60. The van der Waals surface area contributed by atoms with E-state index in [0.29, 0.717) is 6.54 Å². The van der Waals surface area contributed by atoms with Crippen LogP contribution in [-0.4, -0.2) is 22.1 Å². The predicted molar refractivity (Wildman–Crippen MR) is 70.4 cm³/mol. The van der Waals surface area contributed by atoms with Crippen LogP contribution in [0.2, 0.25) is 0 Å². The smallest absolute Gasteiger partial charge is 0.319 e. The molecule has 2 rings (SSSR count). The van der Waals surface area contributed by atoms with E-state index in [1.165, 1.54) is 0 Å². The average Bonchev–Trinajstić information content (AvgIpc) is 2.76. The lowest BCUT2D eigenvalue weighted by atomic mass is 10.3. The van der Waals surface area contributed by atoms with Gasteiger partial charge in [0.2, 0.25) is 0 Å². The number of rotatable bonds is 4. The topological polar surface area (TPSA) is 59.0 Å². The summed E-state index contributed by atoms with van der Waals surface area (Å²) in [4.78, 5) is 15.7. The average molecular weight is 244 g/mol. The van der Waals surface area contributed by atoms with E-state index in [1.807, 2.05) is 48.1 Å². The van der Waals surface area contributed by atoms with Gasteiger partial charge in [-0.25, -0.2) is 9.78 Å². The zero-order valence-corrected chi connectivity index (χ0v) is 10.3. The van der Waals surface area contributed by atoms with E-state index in [2.05, 4.69) is 15.6 Å². The number of hydrogen-bond acceptors (Lipinski definition) is 2. The molecule has 1 aromatic carbocycles. The molecule has 0 fully saturated rings. The fourth-order valence-corrected chi connectivity index (χ4v) is 1.60. The molecule has 5 heteroatoms. The summed E-state index contributed by atoms with van der Waals surface area (Å²) in [7, 11) is 1.92. The Morgan fingerprint density at radius 3 is 2.78 bits per heavy atom. The summed E-state index contributed by atoms with van der Waals surface area (Å²) in [5.74, 6) is 0. The van der Waals surface area contributed by atoms with Crippen molar-refractivity contribution in [1.29, 1.82) is 0 Å². The largest absolute Gasteiger partial charge is 0.340 e. The van der Waals surface area contributed by atoms with E-state index in [1.54, 1.807) is 6.33 Å². The molecule has 2 N–H and O–H groups in total. The second kappa shape index (κ2) is 5.86. The minimum atomic E-state index is -0.197. The highest BCUT2D eigenvalue weighted by Gasteiger charge is 2.01. The van der Waals surface area contributed by atoms with Crippen LogP contribution in [0.4, 0.5) is 10.5 Å². The maximum absolute atomic E-state index is 11.6. The van der Waals surface area contributed by atoms with Crippen LogP contribution < -0.4 is 10.6 Å². The molecule has 1 aromatic heterocycles. The number of aryl methyl sites for hydroxylation is 1. The second-order valence-corrected chi connectivity index (χ2v) is 4.03. The van der Waals surface area contributed by atoms with Crippen LogP contribution in [0.15, 0.2) is 42.9 Å². The molecule has 2 amide bonds. The number of nitrogens with zero attached hydrogens (tertiary/aromatic N) is 2. The first-order valence-electron chi connectivity index (χ1n) is 5.81. The van der Waals surface area contributed by atoms with Gasteiger partial charge in [0.15, 0.2) is 0 Å². The van der Waals surface area contributed by atoms with E-state index in [9.17, 15) is 4.79 Å². The zero-order valence-electron chi connectivity index (χ0n) is 10.3. The summed E-state index contributed by atoms with van der Waals surface area (Å²) in [6.07, 6.45) is 4.42. The Balaban J connectivity index is 1.72. The van der Waals surface area contributed by atoms with Crippen molar-refractivity contribution in [2.24, 2.45) is 7.05 Å². The summed E-state index contributed by atoms with van der Waals surface area (Å²) in [5.41, 5.74) is 1.75. The SMILES string of the molecule is Cn1cnc(CCNC(=O)Nc2ccccc2)c1. The van der Waals surface area contributed by atoms with Crippen molar-refractivity contribution in [2.45, 2.75) is 6.42 Å². The Hall–Kier alpha value is -2.30. The van der Waals surface area contributed by atoms with Crippen molar-refractivity contribution in [3.8, 4) is 0 Å². The van der Waals surface area contributed by atoms with Crippen LogP contribution in [0, 0.1) is 0 Å². The normalized spacial score (nSPS) is 10.1. The number of urea groups is 1. The molecule has 18 heavy (non-hydrogen) atoms. The van der Waals surface area contributed by atoms with Crippen LogP contribution >= 0.6 is 0 Å². The standard InChI is InChI=1S/C13H16N4O/c1-17-9-12(15-10-17)7-8-14-13(18)16-11-5-3-2-4-6-11/h2-6,9-10H,7-8H2,1H3,(H2,14,16,18). The number of imidazole rings is 1. The van der Waals surface area contributed by atoms with Gasteiger partial charge in [-0.15, -0.1) is 0 Å². The van der Waals surface area contributed by atoms with E-state index in [0.717, 1.165) is 17.8 Å². The van der Waals surface area contributed by atoms with Crippen LogP contribution in [0.3, 0.4) is 0 Å². The van der Waals surface area contributed by atoms with E-state index < -0.39 is 0 Å². The van der Waals surface area contributed by atoms with Crippen molar-refractivity contribution in [3.63, 3.8) is 0 Å². The quantitative estimate of drug-likeness (QED) is 0.861. The molecule has 2 aromatic rings. The lowest BCUT2D eigenvalue weighted by Crippen LogP contribution is -2.30. The van der Waals surface area contributed by atoms with Crippen molar-refractivity contribution in [1.82, 2.24) is 14.9 Å². The van der Waals surface area contributed by atoms with Crippen molar-refractivity contribution in [2.75, 3.05) is 11.9 Å². The van der Waals surface area contributed by atoms with Crippen molar-refractivity contribution >= 4 is 11.7 Å². The maximum atomic E-state index is 11.6. The Kier molecular flexibility index (Phi) is 3.96. The number of anilines is 1. The zero-order chi connectivity index (χ0) is 12.8. The van der Waals surface area contributed by atoms with Crippen LogP contribution in [0.1, 0.15) is 5.69 Å². The summed E-state index contributed by atoms with van der Waals surface area (Å²) < 4.78 is 1.89. The minimum absolute atomic E-state index is 0.197. The Bertz CT molecular complexity index is 507. The van der Waals surface area contributed by atoms with Gasteiger partial charge in [-0.3, -0.25) is 0 Å². The van der Waals surface area contributed by atoms with Gasteiger partial charge >= 0.3 is 6.03 Å². The number of carbonyl (C=O) groups is 1. The first kappa shape index (κ1) is 12.2. The lowest BCUT2D eigenvalue weighted by Gasteiger charge is -2.06. The number of hydrogen-bond donors (Lipinski definition) is 2. The van der Waals surface area contributed by atoms with Crippen LogP contribution in [0.5, 0.6) is 0 Å². The number of benzene rings is 1. The number of carbonyl (C=O) groups excluding carboxylic acids is 1. The maximum Gasteiger partial charge on any atom is 0.319 e. The van der Waals surface area contributed by atoms with E-state index >= 15 is 0 Å². The summed E-state index contributed by atoms with van der Waals surface area (Å²) >= 11 is 0. The number of amides is 2. The molecule has 94 valence electrons. The summed E-state index contributed by atoms with van der Waals surface area (Å²) in [5, 5.41) is 5.55. The van der Waals surface area contributed by atoms with Crippen molar-refractivity contribution in [3.05, 3.63) is 48.5 Å². The van der Waals surface area contributed by atoms with Gasteiger partial charge in [0.05, 0.1) is 12.0 Å². The predicted octanol–water partition coefficient (Wildman–Crippen LogP) is 1.78. The molecule has 0 saturated heterocycles. The summed E-state index contributed by atoms with van der Waals surface area (Å²) in [6, 6.07) is 9.16. The number of para-hydroxylation sites is 1. The molecule has 0 atom stereocenters. The highest BCUT2D eigenvalue weighted by atomic mass is 16.2. The van der Waals surface area contributed by atoms with Gasteiger partial charge in [-0.1, -0.05) is 18.2 Å². The molecule has 0 aliphatic heterocycles. The van der Waals surface area contributed by atoms with Gasteiger partial charge in [-0.05, 0) is 12.1 Å². The minimum Gasteiger partial charge on any atom is -0.340 e. The molecule has 0 spiro atoms. The molecule has 0 bridgehead atoms. The molecule has 0 saturated carbocycles. The van der Waals surface area contributed by atoms with Gasteiger partial charge < -0.3 is 15.2 Å². The third-order valence-corrected chi connectivity index (χ3v) is 2.46. The van der Waals surface area contributed by atoms with Crippen LogP contribution in [-0.2, 0) is 13.5 Å². The molecule has 0 aliphatic rings. The molecule has 0 aliphatic carbocycles. The lowest BCUT2D eigenvalue weighted by molar-refractivity contribution is 0.252. The first-order valence-corrected chi connectivity index (χ1v) is 5.81. The molecule has 5 nitrogen and oxygen atoms in total. The van der Waals surface area contributed by atoms with Gasteiger partial charge in [0, 0.05) is 31.9 Å². The summed E-state index contributed by atoms with van der Waals surface area (Å²) in [6.45, 7) is 0.565. The van der Waals surface area contributed by atoms with Gasteiger partial charge in [-0.2, -0.15) is 0 Å². The Labute approximate surface area is 106 Å². The van der Waals surface area contributed by atoms with E-state index in [-0.39, 0.29) is 6.03 Å². The first-order chi connectivity index (χ1) is 8.74. The van der Waals surface area contributed by atoms with Gasteiger partial charge in [0.25, 0.3) is 0 Å². The Morgan fingerprint density at radius 2 is 2.11 bits per heavy atom.